The average molecular weight is 436 g/mol. The number of hydrogen-bond donors (Lipinski definition) is 2. The number of hydrogen-bond acceptors (Lipinski definition) is 4. The molecule has 0 saturated carbocycles. The van der Waals surface area contributed by atoms with Gasteiger partial charge >= 0.3 is 5.97 Å². The summed E-state index contributed by atoms with van der Waals surface area (Å²) >= 11 is 0. The summed E-state index contributed by atoms with van der Waals surface area (Å²) in [5.41, 5.74) is 3.80. The second-order valence-electron chi connectivity index (χ2n) is 7.80. The van der Waals surface area contributed by atoms with Crippen molar-refractivity contribution in [2.75, 3.05) is 0 Å². The predicted molar refractivity (Wildman–Crippen MR) is 120 cm³/mol. The lowest BCUT2D eigenvalue weighted by atomic mass is 9.98. The molecule has 1 aromatic heterocycles. The van der Waals surface area contributed by atoms with E-state index in [9.17, 15) is 19.1 Å². The molecule has 1 heterocycles. The van der Waals surface area contributed by atoms with Crippen molar-refractivity contribution < 1.29 is 24.2 Å². The summed E-state index contributed by atoms with van der Waals surface area (Å²) in [5, 5.41) is 23.8. The highest BCUT2D eigenvalue weighted by Crippen LogP contribution is 2.33. The highest BCUT2D eigenvalue weighted by atomic mass is 19.1. The van der Waals surface area contributed by atoms with Crippen molar-refractivity contribution in [1.29, 1.82) is 0 Å². The molecule has 0 bridgehead atoms. The Labute approximate surface area is 185 Å². The standard InChI is InChI=1S/C25H25FN2O4/c1-16(2)24-22(13-12-20(29)14-21(30)15-23(31)32)25(17-8-10-18(26)11-9-17)28(27-24)19-6-4-3-5-7-19/h3-13,16,20,29H,14-15H2,1-2H3,(H,31,32). The summed E-state index contributed by atoms with van der Waals surface area (Å²) in [4.78, 5) is 22.4. The third kappa shape index (κ3) is 5.56. The highest BCUT2D eigenvalue weighted by Gasteiger charge is 2.21. The molecule has 6 nitrogen and oxygen atoms in total. The molecule has 0 radical (unpaired) electrons. The molecule has 0 saturated heterocycles. The number of aliphatic hydroxyl groups excluding tert-OH is 1. The predicted octanol–water partition coefficient (Wildman–Crippen LogP) is 4.61. The zero-order chi connectivity index (χ0) is 23.3. The normalized spacial score (nSPS) is 12.4. The molecule has 1 atom stereocenters. The number of carbonyl (C=O) groups excluding carboxylic acids is 1. The van der Waals surface area contributed by atoms with Gasteiger partial charge in [-0.15, -0.1) is 0 Å². The molecule has 0 aliphatic rings. The first-order chi connectivity index (χ1) is 15.3. The lowest BCUT2D eigenvalue weighted by Crippen LogP contribution is -2.14. The van der Waals surface area contributed by atoms with E-state index in [1.54, 1.807) is 22.9 Å². The molecule has 3 rings (SSSR count). The smallest absolute Gasteiger partial charge is 0.310 e. The molecule has 32 heavy (non-hydrogen) atoms. The fraction of sp³-hybridized carbons (Fsp3) is 0.240. The molecule has 2 N–H and O–H groups in total. The fourth-order valence-corrected chi connectivity index (χ4v) is 3.43. The van der Waals surface area contributed by atoms with Crippen molar-refractivity contribution in [3.63, 3.8) is 0 Å². The van der Waals surface area contributed by atoms with Gasteiger partial charge < -0.3 is 10.2 Å². The Hall–Kier alpha value is -3.58. The second kappa shape index (κ2) is 10.2. The van der Waals surface area contributed by atoms with Crippen molar-refractivity contribution in [1.82, 2.24) is 9.78 Å². The van der Waals surface area contributed by atoms with E-state index >= 15 is 0 Å². The van der Waals surface area contributed by atoms with Gasteiger partial charge in [0.15, 0.2) is 0 Å². The molecule has 0 aliphatic heterocycles. The maximum absolute atomic E-state index is 13.6. The van der Waals surface area contributed by atoms with Crippen LogP contribution in [0.4, 0.5) is 4.39 Å². The summed E-state index contributed by atoms with van der Waals surface area (Å²) in [5.74, 6) is -2.09. The molecule has 0 amide bonds. The van der Waals surface area contributed by atoms with Crippen LogP contribution in [0.15, 0.2) is 60.7 Å². The maximum atomic E-state index is 13.6. The monoisotopic (exact) mass is 436 g/mol. The van der Waals surface area contributed by atoms with E-state index in [1.807, 2.05) is 44.2 Å². The summed E-state index contributed by atoms with van der Waals surface area (Å²) < 4.78 is 15.4. The van der Waals surface area contributed by atoms with E-state index in [4.69, 9.17) is 10.2 Å². The SMILES string of the molecule is CC(C)c1nn(-c2ccccc2)c(-c2ccc(F)cc2)c1C=CC(O)CC(=O)CC(=O)O. The molecule has 2 aromatic carbocycles. The van der Waals surface area contributed by atoms with Gasteiger partial charge in [-0.3, -0.25) is 9.59 Å². The fourth-order valence-electron chi connectivity index (χ4n) is 3.43. The molecule has 166 valence electrons. The van der Waals surface area contributed by atoms with Gasteiger partial charge in [0.05, 0.1) is 23.2 Å². The van der Waals surface area contributed by atoms with Gasteiger partial charge in [-0.25, -0.2) is 9.07 Å². The first-order valence-corrected chi connectivity index (χ1v) is 10.3. The van der Waals surface area contributed by atoms with Gasteiger partial charge in [-0.05, 0) is 42.3 Å². The number of rotatable bonds is 9. The number of aromatic nitrogens is 2. The van der Waals surface area contributed by atoms with Crippen LogP contribution in [-0.4, -0.2) is 37.9 Å². The minimum atomic E-state index is -1.23. The zero-order valence-corrected chi connectivity index (χ0v) is 17.9. The van der Waals surface area contributed by atoms with Crippen LogP contribution >= 0.6 is 0 Å². The van der Waals surface area contributed by atoms with Crippen LogP contribution in [0.2, 0.25) is 0 Å². The van der Waals surface area contributed by atoms with Gasteiger partial charge in [0.1, 0.15) is 18.0 Å². The number of para-hydroxylation sites is 1. The number of carboxylic acids is 1. The van der Waals surface area contributed by atoms with Crippen molar-refractivity contribution in [3.05, 3.63) is 77.7 Å². The largest absolute Gasteiger partial charge is 0.481 e. The van der Waals surface area contributed by atoms with E-state index in [0.29, 0.717) is 0 Å². The topological polar surface area (TPSA) is 92.4 Å². The molecular formula is C25H25FN2O4. The number of carbonyl (C=O) groups is 2. The van der Waals surface area contributed by atoms with Crippen LogP contribution in [0.25, 0.3) is 23.0 Å². The van der Waals surface area contributed by atoms with E-state index in [1.165, 1.54) is 18.2 Å². The molecule has 3 aromatic rings. The number of benzene rings is 2. The van der Waals surface area contributed by atoms with E-state index in [0.717, 1.165) is 28.2 Å². The Morgan fingerprint density at radius 2 is 1.75 bits per heavy atom. The summed E-state index contributed by atoms with van der Waals surface area (Å²) in [6, 6.07) is 15.6. The lowest BCUT2D eigenvalue weighted by molar-refractivity contribution is -0.140. The highest BCUT2D eigenvalue weighted by molar-refractivity contribution is 5.95. The molecule has 0 fully saturated rings. The number of aliphatic hydroxyl groups is 1. The molecular weight excluding hydrogens is 411 g/mol. The van der Waals surface area contributed by atoms with Crippen LogP contribution in [0, 0.1) is 5.82 Å². The average Bonchev–Trinajstić information content (AvgIpc) is 3.12. The first-order valence-electron chi connectivity index (χ1n) is 10.3. The van der Waals surface area contributed by atoms with Crippen molar-refractivity contribution in [3.8, 4) is 16.9 Å². The van der Waals surface area contributed by atoms with Crippen LogP contribution in [0.5, 0.6) is 0 Å². The number of halogens is 1. The summed E-state index contributed by atoms with van der Waals surface area (Å²) in [7, 11) is 0. The lowest BCUT2D eigenvalue weighted by Gasteiger charge is -2.10. The maximum Gasteiger partial charge on any atom is 0.310 e. The Kier molecular flexibility index (Phi) is 7.33. The number of Topliss-reactive ketones (excluding diaryl/α,β-unsaturated/α-hetero) is 1. The van der Waals surface area contributed by atoms with Gasteiger partial charge in [0.25, 0.3) is 0 Å². The van der Waals surface area contributed by atoms with E-state index < -0.39 is 24.3 Å². The summed E-state index contributed by atoms with van der Waals surface area (Å²) in [6.07, 6.45) is 1.10. The molecule has 0 aliphatic carbocycles. The van der Waals surface area contributed by atoms with Crippen molar-refractivity contribution >= 4 is 17.8 Å². The van der Waals surface area contributed by atoms with Crippen molar-refractivity contribution in [2.45, 2.75) is 38.7 Å². The van der Waals surface area contributed by atoms with Gasteiger partial charge in [0.2, 0.25) is 0 Å². The third-order valence-electron chi connectivity index (χ3n) is 4.89. The Bertz CT molecular complexity index is 1120. The Morgan fingerprint density at radius 1 is 1.09 bits per heavy atom. The number of nitrogens with zero attached hydrogens (tertiary/aromatic N) is 2. The molecule has 1 unspecified atom stereocenters. The Balaban J connectivity index is 2.09. The van der Waals surface area contributed by atoms with Gasteiger partial charge in [-0.1, -0.05) is 44.2 Å². The number of ketones is 1. The minimum absolute atomic E-state index is 0.0459. The van der Waals surface area contributed by atoms with E-state index in [-0.39, 0.29) is 18.2 Å². The quantitative estimate of drug-likeness (QED) is 0.478. The zero-order valence-electron chi connectivity index (χ0n) is 17.9. The van der Waals surface area contributed by atoms with Crippen LogP contribution in [0.1, 0.15) is 43.9 Å². The van der Waals surface area contributed by atoms with Crippen molar-refractivity contribution in [2.24, 2.45) is 0 Å². The van der Waals surface area contributed by atoms with Crippen LogP contribution in [0.3, 0.4) is 0 Å². The van der Waals surface area contributed by atoms with Crippen LogP contribution < -0.4 is 0 Å². The number of aliphatic carboxylic acids is 1. The molecule has 7 heteroatoms. The van der Waals surface area contributed by atoms with Gasteiger partial charge in [-0.2, -0.15) is 5.10 Å². The Morgan fingerprint density at radius 3 is 2.34 bits per heavy atom. The van der Waals surface area contributed by atoms with E-state index in [2.05, 4.69) is 0 Å². The second-order valence-corrected chi connectivity index (χ2v) is 7.80. The first kappa shape index (κ1) is 23.1. The third-order valence-corrected chi connectivity index (χ3v) is 4.89. The minimum Gasteiger partial charge on any atom is -0.481 e. The summed E-state index contributed by atoms with van der Waals surface area (Å²) in [6.45, 7) is 3.99. The van der Waals surface area contributed by atoms with Gasteiger partial charge in [0, 0.05) is 17.5 Å². The van der Waals surface area contributed by atoms with Crippen LogP contribution in [-0.2, 0) is 9.59 Å². The number of carboxylic acid groups (broad SMARTS) is 1. The molecule has 0 spiro atoms.